The maximum Gasteiger partial charge on any atom is 0.295 e. The molecule has 2 amide bonds. The summed E-state index contributed by atoms with van der Waals surface area (Å²) in [7, 11) is 1.56. The number of nitrogens with one attached hydrogen (secondary N) is 2. The zero-order valence-corrected chi connectivity index (χ0v) is 22.8. The van der Waals surface area contributed by atoms with Crippen LogP contribution >= 0.6 is 0 Å². The number of aryl methyl sites for hydroxylation is 1. The minimum atomic E-state index is -0.798. The average Bonchev–Trinajstić information content (AvgIpc) is 3.58. The molecule has 0 radical (unpaired) electrons. The zero-order valence-electron chi connectivity index (χ0n) is 22.8. The van der Waals surface area contributed by atoms with Gasteiger partial charge in [-0.1, -0.05) is 38.5 Å². The van der Waals surface area contributed by atoms with Gasteiger partial charge in [0, 0.05) is 35.6 Å². The number of aromatic nitrogens is 3. The Balaban J connectivity index is 1.37. The topological polar surface area (TPSA) is 130 Å². The number of fused-ring (bicyclic) bond motifs is 1. The second kappa shape index (κ2) is 11.6. The highest BCUT2D eigenvalue weighted by atomic mass is 16.5. The van der Waals surface area contributed by atoms with E-state index >= 15 is 0 Å². The van der Waals surface area contributed by atoms with E-state index in [1.54, 1.807) is 32.2 Å². The molecule has 2 aliphatic rings. The molecule has 5 rings (SSSR count). The Morgan fingerprint density at radius 1 is 1.10 bits per heavy atom. The summed E-state index contributed by atoms with van der Waals surface area (Å²) in [6.45, 7) is 1.25. The van der Waals surface area contributed by atoms with E-state index in [0.717, 1.165) is 38.5 Å². The van der Waals surface area contributed by atoms with Crippen LogP contribution in [0.2, 0.25) is 0 Å². The second-order valence-corrected chi connectivity index (χ2v) is 10.9. The molecule has 0 saturated heterocycles. The summed E-state index contributed by atoms with van der Waals surface area (Å²) in [5, 5.41) is 11.8. The maximum atomic E-state index is 13.6. The molecule has 10 heteroatoms. The van der Waals surface area contributed by atoms with Crippen LogP contribution in [0.5, 0.6) is 5.75 Å². The molecule has 2 aromatic heterocycles. The Bertz CT molecular complexity index is 1330. The lowest BCUT2D eigenvalue weighted by Gasteiger charge is -2.46. The number of methoxy groups -OCH3 is 1. The Hall–Kier alpha value is -3.69. The normalized spacial score (nSPS) is 17.6. The summed E-state index contributed by atoms with van der Waals surface area (Å²) in [5.41, 5.74) is 0.663. The van der Waals surface area contributed by atoms with Crippen LogP contribution in [0.3, 0.4) is 0 Å². The number of hydrogen-bond acceptors (Lipinski definition) is 7. The van der Waals surface area contributed by atoms with E-state index in [1.165, 1.54) is 36.8 Å². The van der Waals surface area contributed by atoms with E-state index in [0.29, 0.717) is 28.5 Å². The monoisotopic (exact) mass is 535 g/mol. The second-order valence-electron chi connectivity index (χ2n) is 10.9. The van der Waals surface area contributed by atoms with Crippen LogP contribution in [-0.4, -0.2) is 56.9 Å². The first-order valence-electron chi connectivity index (χ1n) is 14.0. The Labute approximate surface area is 227 Å². The lowest BCUT2D eigenvalue weighted by atomic mass is 9.67. The predicted molar refractivity (Wildman–Crippen MR) is 144 cm³/mol. The molecule has 3 aromatic rings. The van der Waals surface area contributed by atoms with Gasteiger partial charge in [-0.05, 0) is 43.7 Å². The molecular formula is C29H37N5O5. The molecule has 0 aliphatic heterocycles. The number of hydrogen-bond donors (Lipinski definition) is 2. The molecule has 2 fully saturated rings. The van der Waals surface area contributed by atoms with Crippen LogP contribution < -0.4 is 10.1 Å². The number of Topliss-reactive ketones (excluding diaryl/α,β-unsaturated/α-hetero) is 1. The van der Waals surface area contributed by atoms with Crippen molar-refractivity contribution in [2.24, 2.45) is 5.92 Å². The molecule has 0 unspecified atom stereocenters. The smallest absolute Gasteiger partial charge is 0.295 e. The first-order valence-corrected chi connectivity index (χ1v) is 14.0. The summed E-state index contributed by atoms with van der Waals surface area (Å²) < 4.78 is 10.8. The van der Waals surface area contributed by atoms with Crippen LogP contribution in [0, 0.1) is 12.8 Å². The summed E-state index contributed by atoms with van der Waals surface area (Å²) in [4.78, 5) is 44.9. The molecule has 2 aliphatic carbocycles. The number of nitrogens with zero attached hydrogens (tertiary/aromatic N) is 3. The molecule has 10 nitrogen and oxygen atoms in total. The standard InChI is InChI=1S/C29H37N5O5/c1-19-32-33-26(39-19)18-34(28(37)27(36)23-16-30-24-15-21(38-2)11-12-22(23)24)17-25(35)31-29(13-7-4-8-14-29)20-9-5-3-6-10-20/h11-12,15-16,20,30H,3-10,13-14,17-18H2,1-2H3,(H,31,35). The van der Waals surface area contributed by atoms with Gasteiger partial charge in [0.15, 0.2) is 0 Å². The third kappa shape index (κ3) is 5.84. The Morgan fingerprint density at radius 3 is 2.54 bits per heavy atom. The SMILES string of the molecule is COc1ccc2c(C(=O)C(=O)N(CC(=O)NC3(C4CCCCC4)CCCCC3)Cc3nnc(C)o3)c[nH]c2c1. The number of rotatable bonds is 9. The van der Waals surface area contributed by atoms with E-state index in [-0.39, 0.29) is 36.0 Å². The zero-order chi connectivity index (χ0) is 27.4. The van der Waals surface area contributed by atoms with Crippen LogP contribution in [0.4, 0.5) is 0 Å². The van der Waals surface area contributed by atoms with Crippen molar-refractivity contribution in [2.75, 3.05) is 13.7 Å². The minimum Gasteiger partial charge on any atom is -0.497 e. The number of amides is 2. The lowest BCUT2D eigenvalue weighted by molar-refractivity contribution is -0.135. The summed E-state index contributed by atoms with van der Waals surface area (Å²) in [6.07, 6.45) is 12.6. The molecule has 2 saturated carbocycles. The van der Waals surface area contributed by atoms with Gasteiger partial charge < -0.3 is 24.4 Å². The number of carbonyl (C=O) groups excluding carboxylic acids is 3. The number of carbonyl (C=O) groups is 3. The number of H-pyrrole nitrogens is 1. The van der Waals surface area contributed by atoms with Crippen LogP contribution in [0.15, 0.2) is 28.8 Å². The van der Waals surface area contributed by atoms with E-state index < -0.39 is 11.7 Å². The lowest BCUT2D eigenvalue weighted by Crippen LogP contribution is -2.57. The third-order valence-electron chi connectivity index (χ3n) is 8.36. The van der Waals surface area contributed by atoms with E-state index in [9.17, 15) is 14.4 Å². The van der Waals surface area contributed by atoms with Gasteiger partial charge in [0.25, 0.3) is 11.7 Å². The van der Waals surface area contributed by atoms with E-state index in [4.69, 9.17) is 9.15 Å². The van der Waals surface area contributed by atoms with Crippen molar-refractivity contribution in [1.82, 2.24) is 25.4 Å². The predicted octanol–water partition coefficient (Wildman–Crippen LogP) is 4.48. The van der Waals surface area contributed by atoms with Crippen LogP contribution in [0.1, 0.15) is 86.3 Å². The maximum absolute atomic E-state index is 13.6. The molecular weight excluding hydrogens is 498 g/mol. The highest BCUT2D eigenvalue weighted by molar-refractivity contribution is 6.45. The van der Waals surface area contributed by atoms with E-state index in [1.807, 2.05) is 0 Å². The molecule has 2 heterocycles. The molecule has 208 valence electrons. The van der Waals surface area contributed by atoms with Crippen molar-refractivity contribution in [2.45, 2.75) is 83.2 Å². The molecule has 39 heavy (non-hydrogen) atoms. The van der Waals surface area contributed by atoms with Crippen LogP contribution in [0.25, 0.3) is 10.9 Å². The van der Waals surface area contributed by atoms with Gasteiger partial charge in [0.1, 0.15) is 12.3 Å². The summed E-state index contributed by atoms with van der Waals surface area (Å²) >= 11 is 0. The van der Waals surface area contributed by atoms with Gasteiger partial charge in [-0.15, -0.1) is 10.2 Å². The van der Waals surface area contributed by atoms with Crippen molar-refractivity contribution in [3.63, 3.8) is 0 Å². The van der Waals surface area contributed by atoms with Crippen LogP contribution in [-0.2, 0) is 16.1 Å². The quantitative estimate of drug-likeness (QED) is 0.305. The van der Waals surface area contributed by atoms with Gasteiger partial charge in [-0.2, -0.15) is 0 Å². The minimum absolute atomic E-state index is 0.133. The fraction of sp³-hybridized carbons (Fsp3) is 0.552. The van der Waals surface area contributed by atoms with Gasteiger partial charge in [-0.3, -0.25) is 14.4 Å². The Kier molecular flexibility index (Phi) is 7.99. The average molecular weight is 536 g/mol. The fourth-order valence-corrected chi connectivity index (χ4v) is 6.41. The van der Waals surface area contributed by atoms with Gasteiger partial charge in [-0.25, -0.2) is 0 Å². The Morgan fingerprint density at radius 2 is 1.85 bits per heavy atom. The van der Waals surface area contributed by atoms with E-state index in [2.05, 4.69) is 20.5 Å². The molecule has 0 atom stereocenters. The molecule has 0 spiro atoms. The van der Waals surface area contributed by atoms with Crippen molar-refractivity contribution < 1.29 is 23.5 Å². The summed E-state index contributed by atoms with van der Waals surface area (Å²) in [5.74, 6) is -0.175. The highest BCUT2D eigenvalue weighted by Gasteiger charge is 2.41. The highest BCUT2D eigenvalue weighted by Crippen LogP contribution is 2.41. The number of ether oxygens (including phenoxy) is 1. The van der Waals surface area contributed by atoms with Crippen molar-refractivity contribution in [3.05, 3.63) is 41.7 Å². The van der Waals surface area contributed by atoms with Gasteiger partial charge >= 0.3 is 0 Å². The molecule has 1 aromatic carbocycles. The van der Waals surface area contributed by atoms with Crippen molar-refractivity contribution in [1.29, 1.82) is 0 Å². The summed E-state index contributed by atoms with van der Waals surface area (Å²) in [6, 6.07) is 5.23. The van der Waals surface area contributed by atoms with Crippen molar-refractivity contribution >= 4 is 28.5 Å². The first kappa shape index (κ1) is 26.9. The fourth-order valence-electron chi connectivity index (χ4n) is 6.41. The third-order valence-corrected chi connectivity index (χ3v) is 8.36. The number of benzene rings is 1. The van der Waals surface area contributed by atoms with Crippen molar-refractivity contribution in [3.8, 4) is 5.75 Å². The first-order chi connectivity index (χ1) is 18.9. The molecule has 0 bridgehead atoms. The van der Waals surface area contributed by atoms with Gasteiger partial charge in [0.2, 0.25) is 17.7 Å². The largest absolute Gasteiger partial charge is 0.497 e. The number of ketones is 1. The molecule has 2 N–H and O–H groups in total. The van der Waals surface area contributed by atoms with Gasteiger partial charge in [0.05, 0.1) is 19.2 Å². The number of aromatic amines is 1.